The Morgan fingerprint density at radius 2 is 1.69 bits per heavy atom. The minimum atomic E-state index is -0.802. The average molecular weight is 485 g/mol. The summed E-state index contributed by atoms with van der Waals surface area (Å²) in [5, 5.41) is 3.09. The molecule has 8 nitrogen and oxygen atoms in total. The standard InChI is InChI=1S/C25H26F2N4O4/c1-15-10-22(34-3)24(27)19(23(15)26)14-35-18-12-28-25(29-13-18)30-16-4-5-20(21(11-16)33-2)31-8-6-17(32)7-9-31/h4-5,10-13H,6-9,14H2,1-3H3,(H,28,29,30). The van der Waals surface area contributed by atoms with Crippen LogP contribution in [0.1, 0.15) is 24.0 Å². The molecule has 0 spiro atoms. The molecule has 35 heavy (non-hydrogen) atoms. The number of rotatable bonds is 8. The van der Waals surface area contributed by atoms with Gasteiger partial charge < -0.3 is 24.4 Å². The maximum absolute atomic E-state index is 14.4. The number of hydrogen-bond acceptors (Lipinski definition) is 8. The van der Waals surface area contributed by atoms with Crippen molar-refractivity contribution in [2.75, 3.05) is 37.5 Å². The number of Topliss-reactive ketones (excluding diaryl/α,β-unsaturated/α-hetero) is 1. The van der Waals surface area contributed by atoms with E-state index in [-0.39, 0.29) is 35.0 Å². The van der Waals surface area contributed by atoms with E-state index in [4.69, 9.17) is 14.2 Å². The van der Waals surface area contributed by atoms with E-state index < -0.39 is 11.6 Å². The van der Waals surface area contributed by atoms with Crippen LogP contribution in [-0.2, 0) is 11.4 Å². The van der Waals surface area contributed by atoms with Crippen molar-refractivity contribution in [3.8, 4) is 17.2 Å². The molecule has 0 amide bonds. The third-order valence-corrected chi connectivity index (χ3v) is 5.77. The highest BCUT2D eigenvalue weighted by molar-refractivity contribution is 5.81. The number of hydrogen-bond donors (Lipinski definition) is 1. The molecule has 1 N–H and O–H groups in total. The Morgan fingerprint density at radius 1 is 1.00 bits per heavy atom. The Hall–Kier alpha value is -3.95. The maximum Gasteiger partial charge on any atom is 0.227 e. The van der Waals surface area contributed by atoms with Gasteiger partial charge in [-0.1, -0.05) is 0 Å². The van der Waals surface area contributed by atoms with E-state index in [0.717, 1.165) is 5.69 Å². The molecule has 0 aliphatic carbocycles. The highest BCUT2D eigenvalue weighted by atomic mass is 19.1. The summed E-state index contributed by atoms with van der Waals surface area (Å²) in [5.74, 6) is -0.0282. The topological polar surface area (TPSA) is 85.8 Å². The number of anilines is 3. The van der Waals surface area contributed by atoms with Gasteiger partial charge in [-0.2, -0.15) is 0 Å². The molecular weight excluding hydrogens is 458 g/mol. The Bertz CT molecular complexity index is 1210. The third kappa shape index (κ3) is 5.42. The molecule has 0 saturated carbocycles. The van der Waals surface area contributed by atoms with Crippen molar-refractivity contribution in [2.24, 2.45) is 0 Å². The Kier molecular flexibility index (Phi) is 7.28. The molecule has 184 valence electrons. The van der Waals surface area contributed by atoms with Gasteiger partial charge in [0, 0.05) is 37.7 Å². The van der Waals surface area contributed by atoms with E-state index in [1.54, 1.807) is 7.11 Å². The molecule has 1 aliphatic rings. The molecule has 1 saturated heterocycles. The number of halogens is 2. The number of methoxy groups -OCH3 is 2. The van der Waals surface area contributed by atoms with E-state index in [0.29, 0.717) is 43.3 Å². The number of ketones is 1. The number of ether oxygens (including phenoxy) is 3. The highest BCUT2D eigenvalue weighted by Gasteiger charge is 2.20. The second-order valence-electron chi connectivity index (χ2n) is 8.07. The molecule has 1 aliphatic heterocycles. The molecule has 0 atom stereocenters. The lowest BCUT2D eigenvalue weighted by Gasteiger charge is -2.29. The van der Waals surface area contributed by atoms with Gasteiger partial charge in [0.15, 0.2) is 17.3 Å². The van der Waals surface area contributed by atoms with E-state index >= 15 is 0 Å². The lowest BCUT2D eigenvalue weighted by Crippen LogP contribution is -2.33. The van der Waals surface area contributed by atoms with Crippen LogP contribution in [0.2, 0.25) is 0 Å². The summed E-state index contributed by atoms with van der Waals surface area (Å²) < 4.78 is 44.8. The quantitative estimate of drug-likeness (QED) is 0.498. The molecule has 4 rings (SSSR count). The van der Waals surface area contributed by atoms with Crippen molar-refractivity contribution in [2.45, 2.75) is 26.4 Å². The minimum Gasteiger partial charge on any atom is -0.495 e. The first-order valence-corrected chi connectivity index (χ1v) is 11.1. The van der Waals surface area contributed by atoms with Crippen molar-refractivity contribution in [1.82, 2.24) is 9.97 Å². The molecule has 1 aromatic heterocycles. The largest absolute Gasteiger partial charge is 0.495 e. The van der Waals surface area contributed by atoms with E-state index in [2.05, 4.69) is 20.2 Å². The molecule has 0 bridgehead atoms. The summed E-state index contributed by atoms with van der Waals surface area (Å²) in [6.45, 7) is 2.51. The van der Waals surface area contributed by atoms with Crippen molar-refractivity contribution < 1.29 is 27.8 Å². The highest BCUT2D eigenvalue weighted by Crippen LogP contribution is 2.33. The zero-order valence-corrected chi connectivity index (χ0v) is 19.7. The molecular formula is C25H26F2N4O4. The molecule has 3 aromatic rings. The van der Waals surface area contributed by atoms with Gasteiger partial charge in [0.1, 0.15) is 24.0 Å². The fourth-order valence-corrected chi connectivity index (χ4v) is 3.84. The first kappa shape index (κ1) is 24.2. The van der Waals surface area contributed by atoms with Crippen LogP contribution < -0.4 is 24.4 Å². The maximum atomic E-state index is 14.4. The second kappa shape index (κ2) is 10.5. The van der Waals surface area contributed by atoms with Crippen LogP contribution in [0.5, 0.6) is 17.2 Å². The van der Waals surface area contributed by atoms with E-state index in [1.807, 2.05) is 18.2 Å². The van der Waals surface area contributed by atoms with Crippen molar-refractivity contribution in [1.29, 1.82) is 0 Å². The van der Waals surface area contributed by atoms with Crippen LogP contribution in [0.15, 0.2) is 36.7 Å². The summed E-state index contributed by atoms with van der Waals surface area (Å²) in [4.78, 5) is 22.1. The Labute approximate surface area is 201 Å². The number of aryl methyl sites for hydroxylation is 1. The summed E-state index contributed by atoms with van der Waals surface area (Å²) >= 11 is 0. The summed E-state index contributed by atoms with van der Waals surface area (Å²) in [5.41, 5.74) is 1.66. The molecule has 1 fully saturated rings. The Balaban J connectivity index is 1.42. The molecule has 0 unspecified atom stereocenters. The number of carbonyl (C=O) groups excluding carboxylic acids is 1. The number of carbonyl (C=O) groups is 1. The predicted molar refractivity (Wildman–Crippen MR) is 127 cm³/mol. The predicted octanol–water partition coefficient (Wildman–Crippen LogP) is 4.57. The van der Waals surface area contributed by atoms with Crippen LogP contribution >= 0.6 is 0 Å². The number of piperidine rings is 1. The number of nitrogens with one attached hydrogen (secondary N) is 1. The lowest BCUT2D eigenvalue weighted by molar-refractivity contribution is -0.119. The summed E-state index contributed by atoms with van der Waals surface area (Å²) in [6.07, 6.45) is 3.88. The molecule has 2 aromatic carbocycles. The number of benzene rings is 2. The zero-order chi connectivity index (χ0) is 24.9. The van der Waals surface area contributed by atoms with Crippen molar-refractivity contribution in [3.05, 3.63) is 59.4 Å². The van der Waals surface area contributed by atoms with Gasteiger partial charge in [0.25, 0.3) is 0 Å². The zero-order valence-electron chi connectivity index (χ0n) is 19.7. The van der Waals surface area contributed by atoms with Crippen LogP contribution in [0.3, 0.4) is 0 Å². The van der Waals surface area contributed by atoms with Gasteiger partial charge in [0.05, 0.1) is 37.9 Å². The van der Waals surface area contributed by atoms with Crippen LogP contribution in [-0.4, -0.2) is 43.1 Å². The van der Waals surface area contributed by atoms with Gasteiger partial charge >= 0.3 is 0 Å². The van der Waals surface area contributed by atoms with Gasteiger partial charge in [-0.15, -0.1) is 0 Å². The average Bonchev–Trinajstić information content (AvgIpc) is 2.87. The van der Waals surface area contributed by atoms with Crippen molar-refractivity contribution >= 4 is 23.1 Å². The van der Waals surface area contributed by atoms with Gasteiger partial charge in [-0.3, -0.25) is 4.79 Å². The molecule has 0 radical (unpaired) electrons. The Morgan fingerprint density at radius 3 is 2.34 bits per heavy atom. The normalized spacial score (nSPS) is 13.5. The lowest BCUT2D eigenvalue weighted by atomic mass is 10.1. The smallest absolute Gasteiger partial charge is 0.227 e. The fourth-order valence-electron chi connectivity index (χ4n) is 3.84. The van der Waals surface area contributed by atoms with Gasteiger partial charge in [0.2, 0.25) is 5.95 Å². The number of nitrogens with zero attached hydrogens (tertiary/aromatic N) is 3. The first-order valence-electron chi connectivity index (χ1n) is 11.1. The molecule has 2 heterocycles. The van der Waals surface area contributed by atoms with Gasteiger partial charge in [-0.05, 0) is 30.7 Å². The first-order chi connectivity index (χ1) is 16.9. The van der Waals surface area contributed by atoms with Crippen LogP contribution in [0.25, 0.3) is 0 Å². The van der Waals surface area contributed by atoms with E-state index in [1.165, 1.54) is 32.5 Å². The SMILES string of the molecule is COc1cc(Nc2ncc(OCc3c(F)c(C)cc(OC)c3F)cn2)ccc1N1CCC(=O)CC1. The summed E-state index contributed by atoms with van der Waals surface area (Å²) in [6, 6.07) is 6.93. The van der Waals surface area contributed by atoms with Gasteiger partial charge in [-0.25, -0.2) is 18.7 Å². The molecule has 10 heteroatoms. The fraction of sp³-hybridized carbons (Fsp3) is 0.320. The van der Waals surface area contributed by atoms with E-state index in [9.17, 15) is 13.6 Å². The minimum absolute atomic E-state index is 0.0477. The monoisotopic (exact) mass is 484 g/mol. The number of aromatic nitrogens is 2. The second-order valence-corrected chi connectivity index (χ2v) is 8.07. The third-order valence-electron chi connectivity index (χ3n) is 5.77. The van der Waals surface area contributed by atoms with Crippen molar-refractivity contribution in [3.63, 3.8) is 0 Å². The summed E-state index contributed by atoms with van der Waals surface area (Å²) in [7, 11) is 2.91. The van der Waals surface area contributed by atoms with Crippen LogP contribution in [0, 0.1) is 18.6 Å². The van der Waals surface area contributed by atoms with Crippen LogP contribution in [0.4, 0.5) is 26.1 Å².